The molecule has 1 aliphatic rings. The second-order valence-corrected chi connectivity index (χ2v) is 13.3. The number of nitrogens with zero attached hydrogens (tertiary/aromatic N) is 5. The van der Waals surface area contributed by atoms with Crippen molar-refractivity contribution in [1.29, 1.82) is 0 Å². The average Bonchev–Trinajstić information content (AvgIpc) is 3.10. The monoisotopic (exact) mass is 743 g/mol. The lowest BCUT2D eigenvalue weighted by Crippen LogP contribution is -2.70. The number of alkyl halides is 3. The van der Waals surface area contributed by atoms with Gasteiger partial charge in [0.2, 0.25) is 15.9 Å². The van der Waals surface area contributed by atoms with Crippen LogP contribution in [0.2, 0.25) is 0 Å². The number of hydrogen-bond donors (Lipinski definition) is 2. The maximum Gasteiger partial charge on any atom is 0.434 e. The molecule has 14 nitrogen and oxygen atoms in total. The predicted octanol–water partition coefficient (Wildman–Crippen LogP) is 4.91. The van der Waals surface area contributed by atoms with Crippen LogP contribution >= 0.6 is 0 Å². The number of Topliss-reactive ketones (excluding diaryl/α,β-unsaturated/α-hetero) is 1. The smallest absolute Gasteiger partial charge is 0.434 e. The summed E-state index contributed by atoms with van der Waals surface area (Å²) in [7, 11) is -4.51. The Bertz CT molecular complexity index is 2080. The zero-order valence-electron chi connectivity index (χ0n) is 28.4. The summed E-state index contributed by atoms with van der Waals surface area (Å²) in [5.41, 5.74) is -2.57. The fourth-order valence-corrected chi connectivity index (χ4v) is 7.09. The van der Waals surface area contributed by atoms with Crippen LogP contribution in [0.4, 0.5) is 24.5 Å². The summed E-state index contributed by atoms with van der Waals surface area (Å²) in [6, 6.07) is 12.5. The highest BCUT2D eigenvalue weighted by Gasteiger charge is 2.51. The Morgan fingerprint density at radius 2 is 1.83 bits per heavy atom. The van der Waals surface area contributed by atoms with Crippen molar-refractivity contribution >= 4 is 27.2 Å². The largest absolute Gasteiger partial charge is 0.477 e. The highest BCUT2D eigenvalue weighted by Crippen LogP contribution is 2.40. The van der Waals surface area contributed by atoms with E-state index in [9.17, 15) is 36.5 Å². The topological polar surface area (TPSA) is 193 Å². The van der Waals surface area contributed by atoms with Crippen LogP contribution in [0.1, 0.15) is 54.5 Å². The molecule has 52 heavy (non-hydrogen) atoms. The van der Waals surface area contributed by atoms with Gasteiger partial charge in [-0.2, -0.15) is 13.2 Å². The number of nitrogens with one attached hydrogen (secondary N) is 1. The van der Waals surface area contributed by atoms with Gasteiger partial charge in [0.1, 0.15) is 11.8 Å². The summed E-state index contributed by atoms with van der Waals surface area (Å²) in [5.74, 6) is -0.603. The van der Waals surface area contributed by atoms with Crippen LogP contribution in [0.15, 0.2) is 71.9 Å². The number of hydrogen-bond acceptors (Lipinski definition) is 12. The molecular weight excluding hydrogens is 707 g/mol. The molecule has 4 aromatic rings. The third-order valence-electron chi connectivity index (χ3n) is 8.56. The van der Waals surface area contributed by atoms with Crippen LogP contribution < -0.4 is 20.1 Å². The van der Waals surface area contributed by atoms with Crippen LogP contribution in [-0.4, -0.2) is 72.1 Å². The fraction of sp³-hybridized carbons (Fsp3) is 0.353. The molecule has 276 valence electrons. The van der Waals surface area contributed by atoms with Gasteiger partial charge >= 0.3 is 6.18 Å². The van der Waals surface area contributed by atoms with Gasteiger partial charge in [0.15, 0.2) is 16.4 Å². The standard InChI is InChI=1S/C34H36F3N7O7S/c1-4-33(31(45)25-10-8-13-40-30(25)34(35,36)37)20-39-19-29(50-5-2)43(33)23-17-22(42-26(18-23)24-9-7-14-41-32(24)51-6-3)15-21-11-12-27(44(46)47)28(16-21)52(38,48)49/h7-14,16-18,29,39H,4-6,15,19-20H2,1-3H3,(H2,38,48,49). The van der Waals surface area contributed by atoms with Crippen LogP contribution in [0.3, 0.4) is 0 Å². The molecule has 0 spiro atoms. The van der Waals surface area contributed by atoms with Gasteiger partial charge in [0, 0.05) is 56.0 Å². The molecule has 1 aromatic carbocycles. The van der Waals surface area contributed by atoms with Gasteiger partial charge in [0.25, 0.3) is 5.69 Å². The third-order valence-corrected chi connectivity index (χ3v) is 9.50. The number of carbonyl (C=O) groups excluding carboxylic acids is 1. The first kappa shape index (κ1) is 38.2. The molecule has 0 bridgehead atoms. The minimum Gasteiger partial charge on any atom is -0.477 e. The van der Waals surface area contributed by atoms with E-state index in [1.54, 1.807) is 49.9 Å². The summed E-state index contributed by atoms with van der Waals surface area (Å²) in [6.07, 6.45) is -3.31. The average molecular weight is 744 g/mol. The van der Waals surface area contributed by atoms with Crippen molar-refractivity contribution in [2.75, 3.05) is 31.2 Å². The molecule has 0 saturated carbocycles. The van der Waals surface area contributed by atoms with E-state index in [2.05, 4.69) is 15.3 Å². The van der Waals surface area contributed by atoms with Gasteiger partial charge in [-0.1, -0.05) is 13.0 Å². The molecule has 18 heteroatoms. The molecule has 1 fully saturated rings. The third kappa shape index (κ3) is 7.74. The van der Waals surface area contributed by atoms with E-state index in [1.165, 1.54) is 18.3 Å². The Morgan fingerprint density at radius 1 is 1.10 bits per heavy atom. The number of ether oxygens (including phenoxy) is 2. The SMILES string of the molecule is CCOc1ncccc1-c1cc(N2C(OCC)CNCC2(CC)C(=O)c2cccnc2C(F)(F)F)cc(Cc2ccc([N+](=O)[O-])c(S(N)(=O)=O)c2)n1. The Kier molecular flexibility index (Phi) is 11.2. The molecule has 0 radical (unpaired) electrons. The minimum atomic E-state index is -4.92. The highest BCUT2D eigenvalue weighted by molar-refractivity contribution is 7.89. The first-order chi connectivity index (χ1) is 24.6. The Balaban J connectivity index is 1.76. The number of pyridine rings is 3. The highest BCUT2D eigenvalue weighted by atomic mass is 32.2. The second kappa shape index (κ2) is 15.3. The van der Waals surface area contributed by atoms with E-state index in [0.29, 0.717) is 28.2 Å². The van der Waals surface area contributed by atoms with E-state index in [0.717, 1.165) is 24.4 Å². The van der Waals surface area contributed by atoms with Gasteiger partial charge in [-0.3, -0.25) is 24.9 Å². The van der Waals surface area contributed by atoms with E-state index >= 15 is 0 Å². The van der Waals surface area contributed by atoms with Crippen molar-refractivity contribution < 1.29 is 40.8 Å². The Hall–Kier alpha value is -5.04. The number of sulfonamides is 1. The van der Waals surface area contributed by atoms with Gasteiger partial charge in [0.05, 0.1) is 28.4 Å². The first-order valence-electron chi connectivity index (χ1n) is 16.2. The lowest BCUT2D eigenvalue weighted by atomic mass is 9.81. The van der Waals surface area contributed by atoms with Crippen LogP contribution in [-0.2, 0) is 27.4 Å². The zero-order valence-corrected chi connectivity index (χ0v) is 29.2. The molecule has 1 saturated heterocycles. The summed E-state index contributed by atoms with van der Waals surface area (Å²) >= 11 is 0. The molecule has 5 rings (SSSR count). The minimum absolute atomic E-state index is 0.0404. The number of rotatable bonds is 13. The number of piperazine rings is 1. The number of ketones is 1. The van der Waals surface area contributed by atoms with Crippen molar-refractivity contribution in [3.63, 3.8) is 0 Å². The first-order valence-corrected chi connectivity index (χ1v) is 17.8. The predicted molar refractivity (Wildman–Crippen MR) is 183 cm³/mol. The van der Waals surface area contributed by atoms with Crippen molar-refractivity contribution in [3.05, 3.63) is 99.6 Å². The zero-order chi connectivity index (χ0) is 37.8. The number of nitro groups is 1. The van der Waals surface area contributed by atoms with Crippen molar-refractivity contribution in [2.24, 2.45) is 5.14 Å². The molecule has 0 amide bonds. The molecule has 2 atom stereocenters. The molecular formula is C34H36F3N7O7S. The lowest BCUT2D eigenvalue weighted by molar-refractivity contribution is -0.387. The number of aromatic nitrogens is 3. The second-order valence-electron chi connectivity index (χ2n) is 11.8. The van der Waals surface area contributed by atoms with E-state index < -0.39 is 60.5 Å². The van der Waals surface area contributed by atoms with Gasteiger partial charge in [-0.05, 0) is 68.3 Å². The number of halogens is 3. The quantitative estimate of drug-likeness (QED) is 0.107. The molecule has 2 unspecified atom stereocenters. The Morgan fingerprint density at radius 3 is 2.48 bits per heavy atom. The Labute approximate surface area is 297 Å². The van der Waals surface area contributed by atoms with Crippen LogP contribution in [0.5, 0.6) is 5.88 Å². The lowest BCUT2D eigenvalue weighted by Gasteiger charge is -2.51. The summed E-state index contributed by atoms with van der Waals surface area (Å²) in [5, 5.41) is 20.1. The number of nitro benzene ring substituents is 1. The van der Waals surface area contributed by atoms with E-state index in [-0.39, 0.29) is 45.0 Å². The summed E-state index contributed by atoms with van der Waals surface area (Å²) < 4.78 is 79.2. The van der Waals surface area contributed by atoms with Crippen LogP contribution in [0, 0.1) is 10.1 Å². The molecule has 1 aliphatic heterocycles. The van der Waals surface area contributed by atoms with E-state index in [1.807, 2.05) is 0 Å². The molecule has 3 aromatic heterocycles. The van der Waals surface area contributed by atoms with Gasteiger partial charge in [-0.25, -0.2) is 18.5 Å². The number of nitrogens with two attached hydrogens (primary N) is 1. The number of benzene rings is 1. The number of primary sulfonamides is 1. The molecule has 3 N–H and O–H groups in total. The van der Waals surface area contributed by atoms with Gasteiger partial charge < -0.3 is 19.7 Å². The fourth-order valence-electron chi connectivity index (χ4n) is 6.34. The van der Waals surface area contributed by atoms with Crippen molar-refractivity contribution in [1.82, 2.24) is 20.3 Å². The molecule has 4 heterocycles. The summed E-state index contributed by atoms with van der Waals surface area (Å²) in [4.78, 5) is 39.0. The maximum absolute atomic E-state index is 14.6. The molecule has 0 aliphatic carbocycles. The van der Waals surface area contributed by atoms with Crippen LogP contribution in [0.25, 0.3) is 11.3 Å². The van der Waals surface area contributed by atoms with Crippen molar-refractivity contribution in [2.45, 2.75) is 56.5 Å². The summed E-state index contributed by atoms with van der Waals surface area (Å²) in [6.45, 7) is 5.81. The maximum atomic E-state index is 14.6. The number of anilines is 1. The van der Waals surface area contributed by atoms with Gasteiger partial charge in [-0.15, -0.1) is 0 Å². The van der Waals surface area contributed by atoms with E-state index in [4.69, 9.17) is 19.6 Å². The normalized spacial score (nSPS) is 17.9. The van der Waals surface area contributed by atoms with Crippen molar-refractivity contribution in [3.8, 4) is 17.1 Å². The number of carbonyl (C=O) groups is 1.